The summed E-state index contributed by atoms with van der Waals surface area (Å²) in [6.07, 6.45) is 1.84. The molecule has 3 atom stereocenters. The van der Waals surface area contributed by atoms with E-state index in [4.69, 9.17) is 4.74 Å². The lowest BCUT2D eigenvalue weighted by Crippen LogP contribution is -2.36. The summed E-state index contributed by atoms with van der Waals surface area (Å²) in [6, 6.07) is 10.4. The SMILES string of the molecule is CCC(O)(COC)C1CC1c1ccccc1. The van der Waals surface area contributed by atoms with Crippen LogP contribution in [0.25, 0.3) is 0 Å². The van der Waals surface area contributed by atoms with Crippen molar-refractivity contribution in [2.24, 2.45) is 5.92 Å². The van der Waals surface area contributed by atoms with E-state index in [2.05, 4.69) is 24.3 Å². The van der Waals surface area contributed by atoms with Crippen LogP contribution in [0.5, 0.6) is 0 Å². The molecule has 88 valence electrons. The van der Waals surface area contributed by atoms with Crippen molar-refractivity contribution in [2.45, 2.75) is 31.3 Å². The van der Waals surface area contributed by atoms with Crippen LogP contribution >= 0.6 is 0 Å². The smallest absolute Gasteiger partial charge is 0.0911 e. The third kappa shape index (κ3) is 2.13. The number of hydrogen-bond acceptors (Lipinski definition) is 2. The monoisotopic (exact) mass is 220 g/mol. The first-order chi connectivity index (χ1) is 7.71. The molecule has 1 saturated carbocycles. The maximum absolute atomic E-state index is 10.5. The van der Waals surface area contributed by atoms with Gasteiger partial charge in [-0.3, -0.25) is 0 Å². The zero-order chi connectivity index (χ0) is 11.6. The molecule has 0 heterocycles. The molecule has 0 amide bonds. The summed E-state index contributed by atoms with van der Waals surface area (Å²) in [5.41, 5.74) is 0.699. The molecule has 1 aliphatic rings. The van der Waals surface area contributed by atoms with Gasteiger partial charge in [0.05, 0.1) is 12.2 Å². The van der Waals surface area contributed by atoms with Crippen LogP contribution < -0.4 is 0 Å². The van der Waals surface area contributed by atoms with Gasteiger partial charge in [0, 0.05) is 7.11 Å². The standard InChI is InChI=1S/C14H20O2/c1-3-14(15,10-16-2)13-9-12(13)11-7-5-4-6-8-11/h4-8,12-13,15H,3,9-10H2,1-2H3. The van der Waals surface area contributed by atoms with Crippen molar-refractivity contribution in [1.82, 2.24) is 0 Å². The summed E-state index contributed by atoms with van der Waals surface area (Å²) in [6.45, 7) is 2.47. The van der Waals surface area contributed by atoms with Gasteiger partial charge in [0.2, 0.25) is 0 Å². The Balaban J connectivity index is 2.05. The van der Waals surface area contributed by atoms with Gasteiger partial charge < -0.3 is 9.84 Å². The Kier molecular flexibility index (Phi) is 3.31. The van der Waals surface area contributed by atoms with E-state index in [1.807, 2.05) is 13.0 Å². The summed E-state index contributed by atoms with van der Waals surface area (Å²) in [5.74, 6) is 0.876. The molecule has 3 unspecified atom stereocenters. The Morgan fingerprint density at radius 3 is 2.62 bits per heavy atom. The summed E-state index contributed by atoms with van der Waals surface area (Å²) < 4.78 is 5.13. The number of benzene rings is 1. The lowest BCUT2D eigenvalue weighted by atomic mass is 9.92. The topological polar surface area (TPSA) is 29.5 Å². The molecule has 1 aliphatic carbocycles. The minimum absolute atomic E-state index is 0.361. The van der Waals surface area contributed by atoms with E-state index < -0.39 is 5.60 Å². The molecule has 1 aromatic carbocycles. The molecule has 1 fully saturated rings. The molecule has 0 bridgehead atoms. The molecule has 16 heavy (non-hydrogen) atoms. The maximum Gasteiger partial charge on any atom is 0.0911 e. The first-order valence-corrected chi connectivity index (χ1v) is 5.97. The normalized spacial score (nSPS) is 27.4. The Hall–Kier alpha value is -0.860. The lowest BCUT2D eigenvalue weighted by molar-refractivity contribution is -0.0518. The predicted octanol–water partition coefficient (Wildman–Crippen LogP) is 2.58. The molecule has 2 rings (SSSR count). The highest BCUT2D eigenvalue weighted by Crippen LogP contribution is 2.54. The van der Waals surface area contributed by atoms with Gasteiger partial charge in [0.25, 0.3) is 0 Å². The van der Waals surface area contributed by atoms with Crippen LogP contribution in [0, 0.1) is 5.92 Å². The molecule has 0 radical (unpaired) electrons. The van der Waals surface area contributed by atoms with Gasteiger partial charge in [0.15, 0.2) is 0 Å². The first kappa shape index (κ1) is 11.6. The zero-order valence-electron chi connectivity index (χ0n) is 10.0. The Bertz CT molecular complexity index is 336. The third-order valence-corrected chi connectivity index (χ3v) is 3.71. The second-order valence-corrected chi connectivity index (χ2v) is 4.75. The van der Waals surface area contributed by atoms with Crippen LogP contribution in [0.1, 0.15) is 31.2 Å². The third-order valence-electron chi connectivity index (χ3n) is 3.71. The number of hydrogen-bond donors (Lipinski definition) is 1. The Morgan fingerprint density at radius 2 is 2.06 bits per heavy atom. The van der Waals surface area contributed by atoms with E-state index in [1.165, 1.54) is 5.56 Å². The Labute approximate surface area is 97.3 Å². The minimum atomic E-state index is -0.644. The molecule has 0 aromatic heterocycles. The summed E-state index contributed by atoms with van der Waals surface area (Å²) in [7, 11) is 1.65. The van der Waals surface area contributed by atoms with Crippen LogP contribution in [0.2, 0.25) is 0 Å². The average molecular weight is 220 g/mol. The Morgan fingerprint density at radius 1 is 1.38 bits per heavy atom. The average Bonchev–Trinajstić information content (AvgIpc) is 3.11. The molecule has 2 heteroatoms. The van der Waals surface area contributed by atoms with E-state index in [-0.39, 0.29) is 0 Å². The largest absolute Gasteiger partial charge is 0.387 e. The highest BCUT2D eigenvalue weighted by molar-refractivity contribution is 5.27. The predicted molar refractivity (Wildman–Crippen MR) is 64.4 cm³/mol. The van der Waals surface area contributed by atoms with E-state index in [1.54, 1.807) is 7.11 Å². The summed E-state index contributed by atoms with van der Waals surface area (Å²) >= 11 is 0. The summed E-state index contributed by atoms with van der Waals surface area (Å²) in [5, 5.41) is 10.5. The first-order valence-electron chi connectivity index (χ1n) is 5.97. The second-order valence-electron chi connectivity index (χ2n) is 4.75. The van der Waals surface area contributed by atoms with Gasteiger partial charge in [-0.1, -0.05) is 37.3 Å². The molecule has 2 nitrogen and oxygen atoms in total. The van der Waals surface area contributed by atoms with Crippen molar-refractivity contribution in [1.29, 1.82) is 0 Å². The molecular weight excluding hydrogens is 200 g/mol. The van der Waals surface area contributed by atoms with Crippen LogP contribution in [0.3, 0.4) is 0 Å². The van der Waals surface area contributed by atoms with Crippen molar-refractivity contribution in [2.75, 3.05) is 13.7 Å². The van der Waals surface area contributed by atoms with Crippen molar-refractivity contribution in [3.8, 4) is 0 Å². The second kappa shape index (κ2) is 4.56. The molecule has 1 aromatic rings. The van der Waals surface area contributed by atoms with Gasteiger partial charge in [-0.05, 0) is 30.2 Å². The fraction of sp³-hybridized carbons (Fsp3) is 0.571. The molecule has 0 aliphatic heterocycles. The van der Waals surface area contributed by atoms with E-state index in [0.29, 0.717) is 18.4 Å². The lowest BCUT2D eigenvalue weighted by Gasteiger charge is -2.26. The fourth-order valence-corrected chi connectivity index (χ4v) is 2.58. The summed E-state index contributed by atoms with van der Waals surface area (Å²) in [4.78, 5) is 0. The van der Waals surface area contributed by atoms with Gasteiger partial charge in [-0.2, -0.15) is 0 Å². The highest BCUT2D eigenvalue weighted by Gasteiger charge is 2.51. The molecule has 0 spiro atoms. The van der Waals surface area contributed by atoms with Crippen molar-refractivity contribution in [3.05, 3.63) is 35.9 Å². The highest BCUT2D eigenvalue weighted by atomic mass is 16.5. The van der Waals surface area contributed by atoms with Crippen LogP contribution in [0.4, 0.5) is 0 Å². The number of ether oxygens (including phenoxy) is 1. The van der Waals surface area contributed by atoms with Gasteiger partial charge in [0.1, 0.15) is 0 Å². The molecular formula is C14H20O2. The quantitative estimate of drug-likeness (QED) is 0.826. The van der Waals surface area contributed by atoms with Gasteiger partial charge in [-0.15, -0.1) is 0 Å². The molecule has 1 N–H and O–H groups in total. The van der Waals surface area contributed by atoms with Gasteiger partial charge in [-0.25, -0.2) is 0 Å². The fourth-order valence-electron chi connectivity index (χ4n) is 2.58. The van der Waals surface area contributed by atoms with Crippen molar-refractivity contribution >= 4 is 0 Å². The maximum atomic E-state index is 10.5. The number of methoxy groups -OCH3 is 1. The van der Waals surface area contributed by atoms with E-state index in [9.17, 15) is 5.11 Å². The van der Waals surface area contributed by atoms with Gasteiger partial charge >= 0.3 is 0 Å². The van der Waals surface area contributed by atoms with Crippen LogP contribution in [0.15, 0.2) is 30.3 Å². The van der Waals surface area contributed by atoms with Crippen LogP contribution in [-0.2, 0) is 4.74 Å². The van der Waals surface area contributed by atoms with Crippen molar-refractivity contribution < 1.29 is 9.84 Å². The molecule has 0 saturated heterocycles. The van der Waals surface area contributed by atoms with E-state index in [0.717, 1.165) is 12.8 Å². The van der Waals surface area contributed by atoms with E-state index >= 15 is 0 Å². The van der Waals surface area contributed by atoms with Crippen LogP contribution in [-0.4, -0.2) is 24.4 Å². The van der Waals surface area contributed by atoms with Crippen molar-refractivity contribution in [3.63, 3.8) is 0 Å². The number of rotatable bonds is 5. The number of aliphatic hydroxyl groups is 1. The minimum Gasteiger partial charge on any atom is -0.387 e. The zero-order valence-corrected chi connectivity index (χ0v) is 10.0.